The molecule has 1 heterocycles. The molecule has 0 bridgehead atoms. The molecule has 2 nitrogen and oxygen atoms in total. The first-order valence-corrected chi connectivity index (χ1v) is 6.73. The van der Waals surface area contributed by atoms with Gasteiger partial charge in [0.1, 0.15) is 0 Å². The Morgan fingerprint density at radius 1 is 1.00 bits per heavy atom. The van der Waals surface area contributed by atoms with E-state index in [0.29, 0.717) is 12.5 Å². The van der Waals surface area contributed by atoms with Crippen LogP contribution in [-0.2, 0) is 0 Å². The summed E-state index contributed by atoms with van der Waals surface area (Å²) in [6, 6.07) is 0. The van der Waals surface area contributed by atoms with E-state index in [1.165, 1.54) is 58.0 Å². The first kappa shape index (κ1) is 11.4. The molecule has 2 heteroatoms. The third kappa shape index (κ3) is 3.18. The van der Waals surface area contributed by atoms with Crippen LogP contribution in [-0.4, -0.2) is 36.2 Å². The number of likely N-dealkylation sites (tertiary alicyclic amines) is 1. The molecule has 2 fully saturated rings. The van der Waals surface area contributed by atoms with Crippen molar-refractivity contribution in [3.05, 3.63) is 0 Å². The van der Waals surface area contributed by atoms with E-state index in [1.807, 2.05) is 0 Å². The predicted octanol–water partition coefficient (Wildman–Crippen LogP) is 2.27. The second-order valence-electron chi connectivity index (χ2n) is 5.35. The van der Waals surface area contributed by atoms with Crippen LogP contribution in [0.1, 0.15) is 44.9 Å². The van der Waals surface area contributed by atoms with Gasteiger partial charge in [-0.1, -0.05) is 32.1 Å². The number of piperidine rings is 1. The summed E-state index contributed by atoms with van der Waals surface area (Å²) in [6.45, 7) is 4.09. The molecule has 0 amide bonds. The summed E-state index contributed by atoms with van der Waals surface area (Å²) in [5, 5.41) is 9.49. The SMILES string of the molecule is OCC(CN1CCCCC1)C1CCCC1. The number of rotatable bonds is 4. The second-order valence-corrected chi connectivity index (χ2v) is 5.35. The Bertz CT molecular complexity index is 171. The fourth-order valence-electron chi connectivity index (χ4n) is 3.26. The van der Waals surface area contributed by atoms with Gasteiger partial charge < -0.3 is 10.0 Å². The molecule has 2 rings (SSSR count). The molecule has 1 atom stereocenters. The highest BCUT2D eigenvalue weighted by atomic mass is 16.3. The van der Waals surface area contributed by atoms with Gasteiger partial charge in [-0.3, -0.25) is 0 Å². The van der Waals surface area contributed by atoms with Gasteiger partial charge in [0.15, 0.2) is 0 Å². The smallest absolute Gasteiger partial charge is 0.0474 e. The second kappa shape index (κ2) is 5.86. The van der Waals surface area contributed by atoms with Gasteiger partial charge in [-0.15, -0.1) is 0 Å². The summed E-state index contributed by atoms with van der Waals surface area (Å²) in [4.78, 5) is 2.57. The molecule has 1 aliphatic carbocycles. The average molecular weight is 211 g/mol. The summed E-state index contributed by atoms with van der Waals surface area (Å²) >= 11 is 0. The number of aliphatic hydroxyl groups excluding tert-OH is 1. The Hall–Kier alpha value is -0.0800. The maximum absolute atomic E-state index is 9.49. The predicted molar refractivity (Wildman–Crippen MR) is 62.8 cm³/mol. The summed E-state index contributed by atoms with van der Waals surface area (Å²) < 4.78 is 0. The lowest BCUT2D eigenvalue weighted by molar-refractivity contribution is 0.111. The third-order valence-electron chi connectivity index (χ3n) is 4.24. The topological polar surface area (TPSA) is 23.5 Å². The van der Waals surface area contributed by atoms with Gasteiger partial charge in [0.05, 0.1) is 0 Å². The van der Waals surface area contributed by atoms with Crippen molar-refractivity contribution in [2.75, 3.05) is 26.2 Å². The van der Waals surface area contributed by atoms with Crippen molar-refractivity contribution in [2.45, 2.75) is 44.9 Å². The van der Waals surface area contributed by atoms with Crippen molar-refractivity contribution in [3.63, 3.8) is 0 Å². The molecule has 0 aromatic carbocycles. The van der Waals surface area contributed by atoms with E-state index in [9.17, 15) is 5.11 Å². The standard InChI is InChI=1S/C13H25NO/c15-11-13(12-6-2-3-7-12)10-14-8-4-1-5-9-14/h12-13,15H,1-11H2. The molecule has 0 spiro atoms. The molecule has 88 valence electrons. The fraction of sp³-hybridized carbons (Fsp3) is 1.00. The largest absolute Gasteiger partial charge is 0.396 e. The minimum Gasteiger partial charge on any atom is -0.396 e. The van der Waals surface area contributed by atoms with Crippen LogP contribution in [0.25, 0.3) is 0 Å². The fourth-order valence-corrected chi connectivity index (χ4v) is 3.26. The molecule has 0 aromatic rings. The molecular weight excluding hydrogens is 186 g/mol. The Morgan fingerprint density at radius 2 is 1.67 bits per heavy atom. The van der Waals surface area contributed by atoms with Crippen molar-refractivity contribution in [1.29, 1.82) is 0 Å². The van der Waals surface area contributed by atoms with Crippen molar-refractivity contribution in [3.8, 4) is 0 Å². The molecule has 1 saturated carbocycles. The normalized spacial score (nSPS) is 27.0. The zero-order valence-electron chi connectivity index (χ0n) is 9.83. The van der Waals surface area contributed by atoms with Crippen molar-refractivity contribution < 1.29 is 5.11 Å². The van der Waals surface area contributed by atoms with Crippen LogP contribution in [0.2, 0.25) is 0 Å². The average Bonchev–Trinajstić information content (AvgIpc) is 2.81. The number of hydrogen-bond acceptors (Lipinski definition) is 2. The Kier molecular flexibility index (Phi) is 4.45. The molecular formula is C13H25NO. The summed E-state index contributed by atoms with van der Waals surface area (Å²) in [5.41, 5.74) is 0. The molecule has 1 N–H and O–H groups in total. The highest BCUT2D eigenvalue weighted by molar-refractivity contribution is 4.78. The lowest BCUT2D eigenvalue weighted by atomic mass is 9.90. The van der Waals surface area contributed by atoms with E-state index < -0.39 is 0 Å². The van der Waals surface area contributed by atoms with Gasteiger partial charge in [-0.25, -0.2) is 0 Å². The lowest BCUT2D eigenvalue weighted by Gasteiger charge is -2.32. The van der Waals surface area contributed by atoms with E-state index in [2.05, 4.69) is 4.90 Å². The minimum atomic E-state index is 0.404. The van der Waals surface area contributed by atoms with Gasteiger partial charge >= 0.3 is 0 Å². The van der Waals surface area contributed by atoms with E-state index in [-0.39, 0.29) is 0 Å². The quantitative estimate of drug-likeness (QED) is 0.771. The molecule has 15 heavy (non-hydrogen) atoms. The monoisotopic (exact) mass is 211 g/mol. The molecule has 1 unspecified atom stereocenters. The number of aliphatic hydroxyl groups is 1. The van der Waals surface area contributed by atoms with Gasteiger partial charge in [-0.05, 0) is 37.8 Å². The molecule has 2 aliphatic rings. The van der Waals surface area contributed by atoms with Crippen LogP contribution >= 0.6 is 0 Å². The maximum Gasteiger partial charge on any atom is 0.0474 e. The van der Waals surface area contributed by atoms with Crippen LogP contribution in [0.4, 0.5) is 0 Å². The third-order valence-corrected chi connectivity index (χ3v) is 4.24. The van der Waals surface area contributed by atoms with Gasteiger partial charge in [-0.2, -0.15) is 0 Å². The van der Waals surface area contributed by atoms with E-state index in [1.54, 1.807) is 0 Å². The minimum absolute atomic E-state index is 0.404. The zero-order valence-corrected chi connectivity index (χ0v) is 9.83. The highest BCUT2D eigenvalue weighted by Gasteiger charge is 2.26. The van der Waals surface area contributed by atoms with E-state index >= 15 is 0 Å². The highest BCUT2D eigenvalue weighted by Crippen LogP contribution is 2.32. The van der Waals surface area contributed by atoms with Crippen LogP contribution in [0.15, 0.2) is 0 Å². The van der Waals surface area contributed by atoms with Crippen molar-refractivity contribution in [2.24, 2.45) is 11.8 Å². The van der Waals surface area contributed by atoms with Crippen LogP contribution in [0.3, 0.4) is 0 Å². The molecule has 0 radical (unpaired) electrons. The van der Waals surface area contributed by atoms with Gasteiger partial charge in [0.2, 0.25) is 0 Å². The first-order chi connectivity index (χ1) is 7.40. The van der Waals surface area contributed by atoms with E-state index in [0.717, 1.165) is 12.5 Å². The lowest BCUT2D eigenvalue weighted by Crippen LogP contribution is -2.37. The zero-order chi connectivity index (χ0) is 10.5. The Morgan fingerprint density at radius 3 is 2.27 bits per heavy atom. The maximum atomic E-state index is 9.49. The molecule has 1 aliphatic heterocycles. The summed E-state index contributed by atoms with van der Waals surface area (Å²) in [7, 11) is 0. The van der Waals surface area contributed by atoms with Crippen LogP contribution < -0.4 is 0 Å². The number of hydrogen-bond donors (Lipinski definition) is 1. The summed E-state index contributed by atoms with van der Waals surface area (Å²) in [5.74, 6) is 1.38. The Labute approximate surface area is 93.7 Å². The van der Waals surface area contributed by atoms with Gasteiger partial charge in [0, 0.05) is 13.2 Å². The van der Waals surface area contributed by atoms with Crippen LogP contribution in [0.5, 0.6) is 0 Å². The van der Waals surface area contributed by atoms with Crippen LogP contribution in [0, 0.1) is 11.8 Å². The summed E-state index contributed by atoms with van der Waals surface area (Å²) in [6.07, 6.45) is 9.63. The van der Waals surface area contributed by atoms with Crippen molar-refractivity contribution in [1.82, 2.24) is 4.90 Å². The molecule has 0 aromatic heterocycles. The van der Waals surface area contributed by atoms with E-state index in [4.69, 9.17) is 0 Å². The Balaban J connectivity index is 1.78. The molecule has 1 saturated heterocycles. The van der Waals surface area contributed by atoms with Crippen molar-refractivity contribution >= 4 is 0 Å². The first-order valence-electron chi connectivity index (χ1n) is 6.73. The van der Waals surface area contributed by atoms with Gasteiger partial charge in [0.25, 0.3) is 0 Å². The number of nitrogens with zero attached hydrogens (tertiary/aromatic N) is 1.